The highest BCUT2D eigenvalue weighted by molar-refractivity contribution is 6.07. The molecule has 0 aliphatic carbocycles. The van der Waals surface area contributed by atoms with E-state index in [4.69, 9.17) is 0 Å². The van der Waals surface area contributed by atoms with Gasteiger partial charge in [0.2, 0.25) is 0 Å². The lowest BCUT2D eigenvalue weighted by atomic mass is 10.1. The number of amides is 1. The minimum atomic E-state index is -0.360. The zero-order valence-electron chi connectivity index (χ0n) is 17.5. The van der Waals surface area contributed by atoms with Crippen molar-refractivity contribution in [2.24, 2.45) is 7.05 Å². The van der Waals surface area contributed by atoms with Crippen LogP contribution in [-0.4, -0.2) is 15.0 Å². The van der Waals surface area contributed by atoms with Crippen LogP contribution in [0.1, 0.15) is 16.1 Å². The van der Waals surface area contributed by atoms with Crippen molar-refractivity contribution in [3.05, 3.63) is 102 Å². The number of carbonyl (C=O) groups excluding carboxylic acids is 1. The summed E-state index contributed by atoms with van der Waals surface area (Å²) in [4.78, 5) is 13.2. The Kier molecular flexibility index (Phi) is 4.98. The average molecular weight is 429 g/mol. The van der Waals surface area contributed by atoms with E-state index in [1.165, 1.54) is 24.3 Å². The van der Waals surface area contributed by atoms with Gasteiger partial charge in [-0.05, 0) is 72.6 Å². The van der Waals surface area contributed by atoms with Crippen molar-refractivity contribution in [1.29, 1.82) is 0 Å². The third kappa shape index (κ3) is 3.75. The number of aromatic nitrogens is 2. The van der Waals surface area contributed by atoms with E-state index < -0.39 is 0 Å². The summed E-state index contributed by atoms with van der Waals surface area (Å²) >= 11 is 0. The summed E-state index contributed by atoms with van der Waals surface area (Å²) in [5.41, 5.74) is 3.76. The second-order valence-corrected chi connectivity index (χ2v) is 7.92. The molecule has 160 valence electrons. The summed E-state index contributed by atoms with van der Waals surface area (Å²) in [5, 5.41) is 4.63. The first kappa shape index (κ1) is 20.0. The number of carbonyl (C=O) groups is 1. The predicted octanol–water partition coefficient (Wildman–Crippen LogP) is 5.91. The first-order valence-electron chi connectivity index (χ1n) is 10.4. The van der Waals surface area contributed by atoms with Gasteiger partial charge in [-0.25, -0.2) is 8.78 Å². The van der Waals surface area contributed by atoms with Crippen LogP contribution in [0.3, 0.4) is 0 Å². The number of nitrogens with one attached hydrogen (secondary N) is 1. The molecule has 3 aromatic carbocycles. The summed E-state index contributed by atoms with van der Waals surface area (Å²) in [5.74, 6) is -0.936. The van der Waals surface area contributed by atoms with E-state index in [9.17, 15) is 13.6 Å². The molecule has 0 saturated heterocycles. The molecule has 0 unspecified atom stereocenters. The third-order valence-electron chi connectivity index (χ3n) is 5.75. The van der Waals surface area contributed by atoms with E-state index in [-0.39, 0.29) is 17.5 Å². The van der Waals surface area contributed by atoms with E-state index >= 15 is 0 Å². The summed E-state index contributed by atoms with van der Waals surface area (Å²) in [6.45, 7) is 0.457. The van der Waals surface area contributed by atoms with Crippen molar-refractivity contribution in [2.45, 2.75) is 13.0 Å². The van der Waals surface area contributed by atoms with Gasteiger partial charge in [-0.3, -0.25) is 4.79 Å². The Labute approximate surface area is 183 Å². The SMILES string of the molecule is Cn1ccc2cc(NC(=O)c3cc4cc(F)ccc4n3CCc3cccc(F)c3)ccc21. The molecule has 0 bridgehead atoms. The number of halogens is 2. The molecule has 2 heterocycles. The number of benzene rings is 3. The van der Waals surface area contributed by atoms with Gasteiger partial charge in [0.05, 0.1) is 0 Å². The second kappa shape index (κ2) is 7.96. The summed E-state index contributed by atoms with van der Waals surface area (Å²) < 4.78 is 31.3. The van der Waals surface area contributed by atoms with E-state index in [2.05, 4.69) is 5.32 Å². The molecule has 1 amide bonds. The van der Waals surface area contributed by atoms with Crippen LogP contribution in [0.5, 0.6) is 0 Å². The Morgan fingerprint density at radius 1 is 0.875 bits per heavy atom. The molecular formula is C26H21F2N3O. The molecule has 0 atom stereocenters. The minimum Gasteiger partial charge on any atom is -0.351 e. The number of anilines is 1. The molecule has 2 aromatic heterocycles. The van der Waals surface area contributed by atoms with E-state index in [0.29, 0.717) is 29.7 Å². The van der Waals surface area contributed by atoms with E-state index in [1.807, 2.05) is 52.7 Å². The first-order chi connectivity index (χ1) is 15.5. The van der Waals surface area contributed by atoms with Crippen LogP contribution in [-0.2, 0) is 20.0 Å². The standard InChI is InChI=1S/C26H21F2N3O/c1-30-11-10-18-15-22(6-8-23(18)30)29-26(32)25-16-19-14-21(28)5-7-24(19)31(25)12-9-17-3-2-4-20(27)13-17/h2-8,10-11,13-16H,9,12H2,1H3,(H,29,32). The van der Waals surface area contributed by atoms with Gasteiger partial charge in [0.15, 0.2) is 0 Å². The van der Waals surface area contributed by atoms with Crippen LogP contribution in [0, 0.1) is 11.6 Å². The normalized spacial score (nSPS) is 11.3. The maximum atomic E-state index is 13.8. The first-order valence-corrected chi connectivity index (χ1v) is 10.4. The molecule has 5 rings (SSSR count). The maximum absolute atomic E-state index is 13.8. The van der Waals surface area contributed by atoms with Crippen LogP contribution >= 0.6 is 0 Å². The monoisotopic (exact) mass is 429 g/mol. The summed E-state index contributed by atoms with van der Waals surface area (Å²) in [6, 6.07) is 20.3. The average Bonchev–Trinajstić information content (AvgIpc) is 3.32. The fourth-order valence-corrected chi connectivity index (χ4v) is 4.16. The van der Waals surface area contributed by atoms with Crippen LogP contribution in [0.25, 0.3) is 21.8 Å². The summed E-state index contributed by atoms with van der Waals surface area (Å²) in [6.07, 6.45) is 2.50. The minimum absolute atomic E-state index is 0.281. The molecule has 0 fully saturated rings. The molecule has 6 heteroatoms. The van der Waals surface area contributed by atoms with Crippen LogP contribution < -0.4 is 5.32 Å². The van der Waals surface area contributed by atoms with E-state index in [0.717, 1.165) is 22.0 Å². The lowest BCUT2D eigenvalue weighted by Gasteiger charge is -2.12. The zero-order valence-corrected chi connectivity index (χ0v) is 17.5. The topological polar surface area (TPSA) is 39.0 Å². The van der Waals surface area contributed by atoms with Crippen molar-refractivity contribution in [2.75, 3.05) is 5.32 Å². The molecule has 4 nitrogen and oxygen atoms in total. The Morgan fingerprint density at radius 3 is 2.53 bits per heavy atom. The quantitative estimate of drug-likeness (QED) is 0.371. The Morgan fingerprint density at radius 2 is 1.69 bits per heavy atom. The molecule has 0 radical (unpaired) electrons. The number of hydrogen-bond acceptors (Lipinski definition) is 1. The number of nitrogens with zero attached hydrogens (tertiary/aromatic N) is 2. The largest absolute Gasteiger partial charge is 0.351 e. The lowest BCUT2D eigenvalue weighted by Crippen LogP contribution is -2.17. The summed E-state index contributed by atoms with van der Waals surface area (Å²) in [7, 11) is 1.97. The van der Waals surface area contributed by atoms with Gasteiger partial charge < -0.3 is 14.5 Å². The highest BCUT2D eigenvalue weighted by Crippen LogP contribution is 2.24. The molecule has 0 aliphatic rings. The van der Waals surface area contributed by atoms with Crippen molar-refractivity contribution in [1.82, 2.24) is 9.13 Å². The van der Waals surface area contributed by atoms with Crippen molar-refractivity contribution in [3.63, 3.8) is 0 Å². The Balaban J connectivity index is 1.48. The van der Waals surface area contributed by atoms with Crippen LogP contribution in [0.15, 0.2) is 79.0 Å². The molecule has 0 saturated carbocycles. The van der Waals surface area contributed by atoms with Crippen LogP contribution in [0.4, 0.5) is 14.5 Å². The van der Waals surface area contributed by atoms with Gasteiger partial charge in [0.1, 0.15) is 17.3 Å². The van der Waals surface area contributed by atoms with Gasteiger partial charge in [0, 0.05) is 47.3 Å². The number of hydrogen-bond donors (Lipinski definition) is 1. The van der Waals surface area contributed by atoms with Crippen molar-refractivity contribution >= 4 is 33.4 Å². The van der Waals surface area contributed by atoms with Crippen LogP contribution in [0.2, 0.25) is 0 Å². The van der Waals surface area contributed by atoms with Gasteiger partial charge >= 0.3 is 0 Å². The van der Waals surface area contributed by atoms with Gasteiger partial charge in [-0.2, -0.15) is 0 Å². The second-order valence-electron chi connectivity index (χ2n) is 7.92. The molecule has 5 aromatic rings. The highest BCUT2D eigenvalue weighted by atomic mass is 19.1. The molecule has 1 N–H and O–H groups in total. The van der Waals surface area contributed by atoms with E-state index in [1.54, 1.807) is 18.2 Å². The third-order valence-corrected chi connectivity index (χ3v) is 5.75. The van der Waals surface area contributed by atoms with Crippen molar-refractivity contribution in [3.8, 4) is 0 Å². The predicted molar refractivity (Wildman–Crippen MR) is 123 cm³/mol. The molecular weight excluding hydrogens is 408 g/mol. The lowest BCUT2D eigenvalue weighted by molar-refractivity contribution is 0.101. The fourth-order valence-electron chi connectivity index (χ4n) is 4.16. The van der Waals surface area contributed by atoms with Gasteiger partial charge in [-0.1, -0.05) is 12.1 Å². The molecule has 0 spiro atoms. The Bertz CT molecular complexity index is 1470. The smallest absolute Gasteiger partial charge is 0.272 e. The number of fused-ring (bicyclic) bond motifs is 2. The number of rotatable bonds is 5. The van der Waals surface area contributed by atoms with Gasteiger partial charge in [-0.15, -0.1) is 0 Å². The fraction of sp³-hybridized carbons (Fsp3) is 0.115. The Hall–Kier alpha value is -3.93. The highest BCUT2D eigenvalue weighted by Gasteiger charge is 2.17. The zero-order chi connectivity index (χ0) is 22.2. The molecule has 32 heavy (non-hydrogen) atoms. The number of aryl methyl sites for hydroxylation is 3. The maximum Gasteiger partial charge on any atom is 0.272 e. The van der Waals surface area contributed by atoms with Gasteiger partial charge in [0.25, 0.3) is 5.91 Å². The van der Waals surface area contributed by atoms with Crippen molar-refractivity contribution < 1.29 is 13.6 Å². The molecule has 0 aliphatic heterocycles.